The lowest BCUT2D eigenvalue weighted by atomic mass is 10.1. The van der Waals surface area contributed by atoms with Gasteiger partial charge >= 0.3 is 5.97 Å². The molecule has 0 spiro atoms. The van der Waals surface area contributed by atoms with Crippen molar-refractivity contribution in [2.75, 3.05) is 7.11 Å². The molecule has 104 valence electrons. The molecule has 1 unspecified atom stereocenters. The highest BCUT2D eigenvalue weighted by atomic mass is 16.5. The lowest BCUT2D eigenvalue weighted by Gasteiger charge is -2.11. The predicted octanol–water partition coefficient (Wildman–Crippen LogP) is 1.45. The molecule has 1 aromatic heterocycles. The third-order valence-electron chi connectivity index (χ3n) is 2.91. The fraction of sp³-hybridized carbons (Fsp3) is 0.214. The highest BCUT2D eigenvalue weighted by Gasteiger charge is 2.18. The summed E-state index contributed by atoms with van der Waals surface area (Å²) in [6.07, 6.45) is 1.51. The first kappa shape index (κ1) is 13.8. The van der Waals surface area contributed by atoms with Crippen molar-refractivity contribution in [2.45, 2.75) is 13.0 Å². The molecule has 2 N–H and O–H groups in total. The number of carboxylic acid groups (broad SMARTS) is 1. The first-order valence-corrected chi connectivity index (χ1v) is 5.99. The Hall–Kier alpha value is -2.63. The number of benzene rings is 1. The molecule has 0 saturated carbocycles. The molecule has 1 aromatic carbocycles. The number of carboxylic acids is 1. The number of amides is 1. The van der Waals surface area contributed by atoms with Crippen LogP contribution in [-0.2, 0) is 4.79 Å². The van der Waals surface area contributed by atoms with Gasteiger partial charge in [0.1, 0.15) is 17.5 Å². The number of carbonyl (C=O) groups excluding carboxylic acids is 1. The standard InChI is InChI=1S/C14H14N2O4/c1-8(14(18)19)16-13(17)12-11-7-10(20-2)4-3-9(11)5-6-15-12/h3-8H,1-2H3,(H,16,17)(H,18,19). The van der Waals surface area contributed by atoms with Crippen LogP contribution in [0, 0.1) is 0 Å². The van der Waals surface area contributed by atoms with Gasteiger partial charge in [0.2, 0.25) is 0 Å². The molecule has 0 aliphatic heterocycles. The summed E-state index contributed by atoms with van der Waals surface area (Å²) in [6, 6.07) is 6.08. The Morgan fingerprint density at radius 2 is 2.10 bits per heavy atom. The fourth-order valence-electron chi connectivity index (χ4n) is 1.78. The quantitative estimate of drug-likeness (QED) is 0.880. The van der Waals surface area contributed by atoms with Gasteiger partial charge in [-0.15, -0.1) is 0 Å². The number of nitrogens with zero attached hydrogens (tertiary/aromatic N) is 1. The summed E-state index contributed by atoms with van der Waals surface area (Å²) in [4.78, 5) is 26.9. The van der Waals surface area contributed by atoms with E-state index in [0.717, 1.165) is 5.39 Å². The van der Waals surface area contributed by atoms with E-state index in [4.69, 9.17) is 9.84 Å². The minimum atomic E-state index is -1.10. The van der Waals surface area contributed by atoms with Gasteiger partial charge in [0.25, 0.3) is 5.91 Å². The summed E-state index contributed by atoms with van der Waals surface area (Å²) in [7, 11) is 1.53. The molecule has 0 bridgehead atoms. The second kappa shape index (κ2) is 5.56. The number of rotatable bonds is 4. The molecular weight excluding hydrogens is 260 g/mol. The maximum atomic E-state index is 12.1. The molecule has 20 heavy (non-hydrogen) atoms. The summed E-state index contributed by atoms with van der Waals surface area (Å²) in [5.41, 5.74) is 0.175. The van der Waals surface area contributed by atoms with Crippen molar-refractivity contribution in [3.05, 3.63) is 36.2 Å². The van der Waals surface area contributed by atoms with Crippen molar-refractivity contribution in [3.8, 4) is 5.75 Å². The highest BCUT2D eigenvalue weighted by Crippen LogP contribution is 2.22. The summed E-state index contributed by atoms with van der Waals surface area (Å²) in [5, 5.41) is 12.6. The van der Waals surface area contributed by atoms with Crippen LogP contribution in [0.3, 0.4) is 0 Å². The molecule has 0 radical (unpaired) electrons. The Morgan fingerprint density at radius 1 is 1.35 bits per heavy atom. The molecule has 0 saturated heterocycles. The van der Waals surface area contributed by atoms with Gasteiger partial charge in [-0.05, 0) is 30.5 Å². The Balaban J connectivity index is 2.42. The largest absolute Gasteiger partial charge is 0.497 e. The maximum absolute atomic E-state index is 12.1. The Kier molecular flexibility index (Phi) is 3.84. The smallest absolute Gasteiger partial charge is 0.325 e. The van der Waals surface area contributed by atoms with Gasteiger partial charge in [0, 0.05) is 11.6 Å². The van der Waals surface area contributed by atoms with Crippen LogP contribution >= 0.6 is 0 Å². The minimum absolute atomic E-state index is 0.175. The molecule has 1 heterocycles. The Morgan fingerprint density at radius 3 is 2.75 bits per heavy atom. The first-order valence-electron chi connectivity index (χ1n) is 5.99. The van der Waals surface area contributed by atoms with Gasteiger partial charge in [-0.1, -0.05) is 6.07 Å². The molecule has 0 aliphatic rings. The molecule has 6 nitrogen and oxygen atoms in total. The molecule has 0 aliphatic carbocycles. The molecular formula is C14H14N2O4. The third kappa shape index (κ3) is 2.69. The van der Waals surface area contributed by atoms with E-state index in [1.54, 1.807) is 18.2 Å². The average molecular weight is 274 g/mol. The number of hydrogen-bond acceptors (Lipinski definition) is 4. The number of pyridine rings is 1. The van der Waals surface area contributed by atoms with Crippen LogP contribution in [0.1, 0.15) is 17.4 Å². The monoisotopic (exact) mass is 274 g/mol. The van der Waals surface area contributed by atoms with Crippen LogP contribution < -0.4 is 10.1 Å². The topological polar surface area (TPSA) is 88.5 Å². The highest BCUT2D eigenvalue weighted by molar-refractivity contribution is 6.06. The molecule has 0 fully saturated rings. The molecule has 1 amide bonds. The number of hydrogen-bond donors (Lipinski definition) is 2. The van der Waals surface area contributed by atoms with Crippen LogP contribution in [0.4, 0.5) is 0 Å². The number of ether oxygens (including phenoxy) is 1. The summed E-state index contributed by atoms with van der Waals surface area (Å²) in [6.45, 7) is 1.39. The summed E-state index contributed by atoms with van der Waals surface area (Å²) < 4.78 is 5.12. The fourth-order valence-corrected chi connectivity index (χ4v) is 1.78. The molecule has 2 aromatic rings. The van der Waals surface area contributed by atoms with Crippen molar-refractivity contribution in [3.63, 3.8) is 0 Å². The third-order valence-corrected chi connectivity index (χ3v) is 2.91. The normalized spacial score (nSPS) is 11.9. The lowest BCUT2D eigenvalue weighted by molar-refractivity contribution is -0.138. The van der Waals surface area contributed by atoms with Crippen LogP contribution in [0.5, 0.6) is 5.75 Å². The minimum Gasteiger partial charge on any atom is -0.497 e. The van der Waals surface area contributed by atoms with Gasteiger partial charge < -0.3 is 15.2 Å². The summed E-state index contributed by atoms with van der Waals surface area (Å²) in [5.74, 6) is -1.03. The van der Waals surface area contributed by atoms with Gasteiger partial charge in [0.05, 0.1) is 7.11 Å². The van der Waals surface area contributed by atoms with E-state index in [2.05, 4.69) is 10.3 Å². The second-order valence-electron chi connectivity index (χ2n) is 4.28. The number of nitrogens with one attached hydrogen (secondary N) is 1. The number of fused-ring (bicyclic) bond motifs is 1. The predicted molar refractivity (Wildman–Crippen MR) is 72.9 cm³/mol. The van der Waals surface area contributed by atoms with E-state index in [1.807, 2.05) is 6.07 Å². The van der Waals surface area contributed by atoms with Gasteiger partial charge in [-0.25, -0.2) is 0 Å². The number of methoxy groups -OCH3 is 1. The van der Waals surface area contributed by atoms with Crippen molar-refractivity contribution in [2.24, 2.45) is 0 Å². The zero-order chi connectivity index (χ0) is 14.7. The lowest BCUT2D eigenvalue weighted by Crippen LogP contribution is -2.38. The summed E-state index contributed by atoms with van der Waals surface area (Å²) >= 11 is 0. The van der Waals surface area contributed by atoms with Crippen LogP contribution in [0.25, 0.3) is 10.8 Å². The van der Waals surface area contributed by atoms with E-state index in [1.165, 1.54) is 20.2 Å². The zero-order valence-electron chi connectivity index (χ0n) is 11.1. The average Bonchev–Trinajstić information content (AvgIpc) is 2.45. The molecule has 6 heteroatoms. The zero-order valence-corrected chi connectivity index (χ0v) is 11.1. The van der Waals surface area contributed by atoms with Gasteiger partial charge in [0.15, 0.2) is 0 Å². The van der Waals surface area contributed by atoms with Crippen molar-refractivity contribution >= 4 is 22.6 Å². The maximum Gasteiger partial charge on any atom is 0.325 e. The van der Waals surface area contributed by atoms with E-state index in [-0.39, 0.29) is 5.69 Å². The van der Waals surface area contributed by atoms with E-state index in [0.29, 0.717) is 11.1 Å². The van der Waals surface area contributed by atoms with Crippen LogP contribution in [-0.4, -0.2) is 35.1 Å². The van der Waals surface area contributed by atoms with Crippen molar-refractivity contribution in [1.29, 1.82) is 0 Å². The SMILES string of the molecule is COc1ccc2ccnc(C(=O)NC(C)C(=O)O)c2c1. The van der Waals surface area contributed by atoms with E-state index >= 15 is 0 Å². The number of aliphatic carboxylic acids is 1. The molecule has 2 rings (SSSR count). The molecule has 1 atom stereocenters. The van der Waals surface area contributed by atoms with Gasteiger partial charge in [-0.2, -0.15) is 0 Å². The van der Waals surface area contributed by atoms with E-state index in [9.17, 15) is 9.59 Å². The van der Waals surface area contributed by atoms with Crippen molar-refractivity contribution < 1.29 is 19.4 Å². The van der Waals surface area contributed by atoms with Gasteiger partial charge in [-0.3, -0.25) is 14.6 Å². The number of aromatic nitrogens is 1. The van der Waals surface area contributed by atoms with Crippen molar-refractivity contribution in [1.82, 2.24) is 10.3 Å². The van der Waals surface area contributed by atoms with Crippen LogP contribution in [0.2, 0.25) is 0 Å². The van der Waals surface area contributed by atoms with Crippen LogP contribution in [0.15, 0.2) is 30.5 Å². The Bertz CT molecular complexity index is 669. The number of carbonyl (C=O) groups is 2. The van der Waals surface area contributed by atoms with E-state index < -0.39 is 17.9 Å². The Labute approximate surface area is 115 Å². The second-order valence-corrected chi connectivity index (χ2v) is 4.28. The first-order chi connectivity index (χ1) is 9.52.